The van der Waals surface area contributed by atoms with E-state index in [0.29, 0.717) is 0 Å². The van der Waals surface area contributed by atoms with Gasteiger partial charge in [0.1, 0.15) is 0 Å². The number of allylic oxidation sites excluding steroid dienone is 4. The van der Waals surface area contributed by atoms with Gasteiger partial charge in [-0.05, 0) is 0 Å². The molecule has 0 aromatic heterocycles. The summed E-state index contributed by atoms with van der Waals surface area (Å²) in [6, 6.07) is 0. The molecule has 0 nitrogen and oxygen atoms in total. The third-order valence-electron chi connectivity index (χ3n) is 2.10. The van der Waals surface area contributed by atoms with Gasteiger partial charge >= 0.3 is 71.9 Å². The normalized spacial score (nSPS) is 16.2. The van der Waals surface area contributed by atoms with E-state index in [9.17, 15) is 0 Å². The Hall–Kier alpha value is 0.223. The van der Waals surface area contributed by atoms with Gasteiger partial charge < -0.3 is 0 Å². The molecule has 0 aromatic carbocycles. The van der Waals surface area contributed by atoms with Gasteiger partial charge in [-0.25, -0.2) is 0 Å². The van der Waals surface area contributed by atoms with E-state index in [1.165, 1.54) is 12.0 Å². The SMILES string of the molecule is CC1=C(C)C(C)=[C]([Zr])C1.F.F. The molecule has 63 valence electrons. The van der Waals surface area contributed by atoms with Crippen LogP contribution in [0.5, 0.6) is 0 Å². The fourth-order valence-corrected chi connectivity index (χ4v) is 2.19. The maximum Gasteiger partial charge on any atom is -0.269 e. The zero-order valence-corrected chi connectivity index (χ0v) is 9.48. The molecule has 0 fully saturated rings. The van der Waals surface area contributed by atoms with E-state index >= 15 is 0 Å². The Morgan fingerprint density at radius 2 is 1.45 bits per heavy atom. The van der Waals surface area contributed by atoms with Gasteiger partial charge in [-0.15, -0.1) is 0 Å². The van der Waals surface area contributed by atoms with Gasteiger partial charge in [0, 0.05) is 0 Å². The minimum absolute atomic E-state index is 0. The standard InChI is InChI=1S/C8H11.2FH.Zr/c1-6-4-5-7(2)8(6)3;;;/h4H2,1-3H3;2*1H;. The van der Waals surface area contributed by atoms with Crippen LogP contribution in [-0.4, -0.2) is 0 Å². The smallest absolute Gasteiger partial charge is 0.269 e. The van der Waals surface area contributed by atoms with E-state index in [0.717, 1.165) is 0 Å². The van der Waals surface area contributed by atoms with Crippen molar-refractivity contribution in [1.29, 1.82) is 0 Å². The van der Waals surface area contributed by atoms with E-state index in [1.807, 2.05) is 0 Å². The Bertz CT molecular complexity index is 182. The first-order valence-electron chi connectivity index (χ1n) is 3.21. The summed E-state index contributed by atoms with van der Waals surface area (Å²) in [5.41, 5.74) is 4.65. The Morgan fingerprint density at radius 1 is 1.00 bits per heavy atom. The van der Waals surface area contributed by atoms with Gasteiger partial charge in [-0.2, -0.15) is 0 Å². The molecule has 1 aliphatic carbocycles. The van der Waals surface area contributed by atoms with Crippen LogP contribution < -0.4 is 0 Å². The molecule has 1 rings (SSSR count). The van der Waals surface area contributed by atoms with Crippen molar-refractivity contribution in [3.8, 4) is 0 Å². The number of halogens is 2. The molecule has 0 saturated heterocycles. The van der Waals surface area contributed by atoms with Crippen molar-refractivity contribution >= 4 is 0 Å². The zero-order chi connectivity index (χ0) is 7.02. The first-order valence-corrected chi connectivity index (χ1v) is 4.44. The minimum Gasteiger partial charge on any atom is -0.269 e. The third-order valence-corrected chi connectivity index (χ3v) is 3.45. The largest absolute Gasteiger partial charge is 0.269 e. The molecule has 0 unspecified atom stereocenters. The summed E-state index contributed by atoms with van der Waals surface area (Å²) >= 11 is 1.59. The molecule has 0 N–H and O–H groups in total. The maximum atomic E-state index is 2.23. The molecule has 11 heavy (non-hydrogen) atoms. The van der Waals surface area contributed by atoms with E-state index in [-0.39, 0.29) is 9.41 Å². The van der Waals surface area contributed by atoms with Gasteiger partial charge in [-0.3, -0.25) is 9.41 Å². The Kier molecular flexibility index (Phi) is 6.23. The second-order valence-electron chi connectivity index (χ2n) is 2.69. The Morgan fingerprint density at radius 3 is 1.55 bits per heavy atom. The van der Waals surface area contributed by atoms with Crippen molar-refractivity contribution in [3.63, 3.8) is 0 Å². The number of rotatable bonds is 0. The predicted molar refractivity (Wildman–Crippen MR) is 40.7 cm³/mol. The second kappa shape index (κ2) is 4.97. The molecule has 0 aromatic rings. The van der Waals surface area contributed by atoms with Crippen LogP contribution in [0.25, 0.3) is 0 Å². The second-order valence-corrected chi connectivity index (χ2v) is 4.17. The summed E-state index contributed by atoms with van der Waals surface area (Å²) in [7, 11) is 0. The van der Waals surface area contributed by atoms with Crippen LogP contribution >= 0.6 is 0 Å². The van der Waals surface area contributed by atoms with Crippen LogP contribution in [0.2, 0.25) is 0 Å². The molecule has 3 heteroatoms. The quantitative estimate of drug-likeness (QED) is 0.609. The van der Waals surface area contributed by atoms with Crippen LogP contribution in [0.4, 0.5) is 9.41 Å². The molecular weight excluding hydrogens is 225 g/mol. The van der Waals surface area contributed by atoms with Gasteiger partial charge in [0.05, 0.1) is 0 Å². The number of hydrogen-bond acceptors (Lipinski definition) is 0. The van der Waals surface area contributed by atoms with Crippen molar-refractivity contribution in [1.82, 2.24) is 0 Å². The third kappa shape index (κ3) is 2.63. The van der Waals surface area contributed by atoms with Crippen molar-refractivity contribution in [2.24, 2.45) is 0 Å². The molecule has 0 saturated carbocycles. The molecule has 0 spiro atoms. The van der Waals surface area contributed by atoms with Crippen LogP contribution in [0.15, 0.2) is 20.0 Å². The monoisotopic (exact) mass is 237 g/mol. The molecule has 1 aliphatic rings. The molecule has 0 heterocycles. The van der Waals surface area contributed by atoms with Crippen LogP contribution in [0.3, 0.4) is 0 Å². The summed E-state index contributed by atoms with van der Waals surface area (Å²) < 4.78 is 1.64. The van der Waals surface area contributed by atoms with Gasteiger partial charge in [-0.1, -0.05) is 0 Å². The Labute approximate surface area is 81.3 Å². The summed E-state index contributed by atoms with van der Waals surface area (Å²) in [6.07, 6.45) is 1.25. The molecule has 0 aliphatic heterocycles. The molecule has 0 bridgehead atoms. The van der Waals surface area contributed by atoms with Crippen molar-refractivity contribution in [2.45, 2.75) is 27.2 Å². The first-order chi connectivity index (χ1) is 4.13. The topological polar surface area (TPSA) is 0 Å². The van der Waals surface area contributed by atoms with Gasteiger partial charge in [0.2, 0.25) is 0 Å². The van der Waals surface area contributed by atoms with Crippen LogP contribution in [0, 0.1) is 0 Å². The summed E-state index contributed by atoms with van der Waals surface area (Å²) in [5, 5.41) is 0. The van der Waals surface area contributed by atoms with Crippen LogP contribution in [0.1, 0.15) is 27.2 Å². The summed E-state index contributed by atoms with van der Waals surface area (Å²) in [5.74, 6) is 0. The average Bonchev–Trinajstić information content (AvgIpc) is 1.98. The van der Waals surface area contributed by atoms with Crippen molar-refractivity contribution < 1.29 is 34.1 Å². The van der Waals surface area contributed by atoms with E-state index < -0.39 is 0 Å². The van der Waals surface area contributed by atoms with Crippen LogP contribution in [-0.2, 0) is 24.7 Å². The molecule has 0 amide bonds. The maximum absolute atomic E-state index is 2.23. The molecular formula is C8H13F2Zr. The first kappa shape index (κ1) is 13.8. The fourth-order valence-electron chi connectivity index (χ4n) is 1.08. The molecule has 0 radical (unpaired) electrons. The summed E-state index contributed by atoms with van der Waals surface area (Å²) in [6.45, 7) is 6.69. The fraction of sp³-hybridized carbons (Fsp3) is 0.500. The average molecular weight is 238 g/mol. The van der Waals surface area contributed by atoms with E-state index in [1.54, 1.807) is 39.1 Å². The molecule has 0 atom stereocenters. The van der Waals surface area contributed by atoms with E-state index in [4.69, 9.17) is 0 Å². The summed E-state index contributed by atoms with van der Waals surface area (Å²) in [4.78, 5) is 0. The minimum atomic E-state index is 0. The number of hydrogen-bond donors (Lipinski definition) is 0. The Balaban J connectivity index is 0. The van der Waals surface area contributed by atoms with E-state index in [2.05, 4.69) is 20.8 Å². The van der Waals surface area contributed by atoms with Gasteiger partial charge in [0.15, 0.2) is 0 Å². The van der Waals surface area contributed by atoms with Crippen molar-refractivity contribution in [3.05, 3.63) is 20.0 Å². The predicted octanol–water partition coefficient (Wildman–Crippen LogP) is 2.85. The zero-order valence-electron chi connectivity index (χ0n) is 7.02. The van der Waals surface area contributed by atoms with Gasteiger partial charge in [0.25, 0.3) is 0 Å². The van der Waals surface area contributed by atoms with Crippen molar-refractivity contribution in [2.75, 3.05) is 0 Å².